The van der Waals surface area contributed by atoms with Gasteiger partial charge in [0, 0.05) is 12.3 Å². The van der Waals surface area contributed by atoms with Crippen molar-refractivity contribution in [3.8, 4) is 0 Å². The molecule has 21 heavy (non-hydrogen) atoms. The molecule has 1 saturated carbocycles. The number of hydrogen-bond acceptors (Lipinski definition) is 4. The van der Waals surface area contributed by atoms with Crippen LogP contribution in [0, 0.1) is 11.3 Å². The predicted octanol–water partition coefficient (Wildman–Crippen LogP) is 3.80. The molecule has 1 heterocycles. The third kappa shape index (κ3) is 3.44. The largest absolute Gasteiger partial charge is 0.481 e. The molecule has 0 unspecified atom stereocenters. The highest BCUT2D eigenvalue weighted by Crippen LogP contribution is 2.35. The van der Waals surface area contributed by atoms with Crippen LogP contribution in [-0.4, -0.2) is 21.2 Å². The van der Waals surface area contributed by atoms with E-state index in [1.54, 1.807) is 0 Å². The van der Waals surface area contributed by atoms with Crippen LogP contribution in [0.1, 0.15) is 76.9 Å². The van der Waals surface area contributed by atoms with Crippen molar-refractivity contribution in [3.05, 3.63) is 11.7 Å². The molecule has 0 aromatic carbocycles. The fourth-order valence-electron chi connectivity index (χ4n) is 3.19. The van der Waals surface area contributed by atoms with E-state index in [1.165, 1.54) is 12.8 Å². The third-order valence-electron chi connectivity index (χ3n) is 5.16. The second-order valence-corrected chi connectivity index (χ2v) is 6.47. The lowest BCUT2D eigenvalue weighted by Crippen LogP contribution is -2.32. The van der Waals surface area contributed by atoms with Crippen LogP contribution in [0.4, 0.5) is 0 Å². The summed E-state index contributed by atoms with van der Waals surface area (Å²) >= 11 is 0. The average molecular weight is 294 g/mol. The van der Waals surface area contributed by atoms with Gasteiger partial charge in [0.1, 0.15) is 0 Å². The fourth-order valence-corrected chi connectivity index (χ4v) is 3.19. The molecular weight excluding hydrogens is 268 g/mol. The second kappa shape index (κ2) is 6.58. The summed E-state index contributed by atoms with van der Waals surface area (Å²) in [5.41, 5.74) is -0.787. The second-order valence-electron chi connectivity index (χ2n) is 6.47. The Balaban J connectivity index is 2.07. The first-order chi connectivity index (χ1) is 10.0. The van der Waals surface area contributed by atoms with Crippen molar-refractivity contribution in [2.75, 3.05) is 0 Å². The fraction of sp³-hybridized carbons (Fsp3) is 0.812. The van der Waals surface area contributed by atoms with Gasteiger partial charge in [-0.3, -0.25) is 4.79 Å². The molecule has 0 atom stereocenters. The van der Waals surface area contributed by atoms with Crippen LogP contribution in [0.2, 0.25) is 0 Å². The lowest BCUT2D eigenvalue weighted by Gasteiger charge is -2.24. The first-order valence-corrected chi connectivity index (χ1v) is 8.06. The van der Waals surface area contributed by atoms with E-state index in [-0.39, 0.29) is 0 Å². The van der Waals surface area contributed by atoms with Crippen LogP contribution in [0.15, 0.2) is 4.52 Å². The lowest BCUT2D eigenvalue weighted by atomic mass is 9.79. The predicted molar refractivity (Wildman–Crippen MR) is 79.0 cm³/mol. The molecule has 0 amide bonds. The summed E-state index contributed by atoms with van der Waals surface area (Å²) in [6.45, 7) is 6.08. The van der Waals surface area contributed by atoms with Crippen LogP contribution in [0.3, 0.4) is 0 Å². The quantitative estimate of drug-likeness (QED) is 0.863. The smallest absolute Gasteiger partial charge is 0.310 e. The molecule has 1 aliphatic rings. The molecule has 1 aromatic heterocycles. The number of aromatic nitrogens is 2. The minimum absolute atomic E-state index is 0.325. The van der Waals surface area contributed by atoms with Gasteiger partial charge >= 0.3 is 5.97 Å². The van der Waals surface area contributed by atoms with E-state index in [0.29, 0.717) is 31.1 Å². The molecule has 0 spiro atoms. The molecule has 1 aromatic rings. The molecule has 0 saturated heterocycles. The molecule has 0 aliphatic heterocycles. The van der Waals surface area contributed by atoms with E-state index in [9.17, 15) is 9.90 Å². The van der Waals surface area contributed by atoms with Crippen LogP contribution in [0.25, 0.3) is 0 Å². The van der Waals surface area contributed by atoms with Crippen molar-refractivity contribution in [2.24, 2.45) is 11.3 Å². The first-order valence-electron chi connectivity index (χ1n) is 8.06. The highest BCUT2D eigenvalue weighted by molar-refractivity contribution is 5.74. The highest BCUT2D eigenvalue weighted by Gasteiger charge is 2.37. The number of carboxylic acids is 1. The van der Waals surface area contributed by atoms with Crippen molar-refractivity contribution >= 4 is 5.97 Å². The van der Waals surface area contributed by atoms with Crippen LogP contribution >= 0.6 is 0 Å². The maximum Gasteiger partial charge on any atom is 0.310 e. The van der Waals surface area contributed by atoms with E-state index < -0.39 is 11.4 Å². The van der Waals surface area contributed by atoms with Gasteiger partial charge in [-0.1, -0.05) is 38.8 Å². The Morgan fingerprint density at radius 1 is 1.29 bits per heavy atom. The van der Waals surface area contributed by atoms with Gasteiger partial charge in [-0.2, -0.15) is 4.98 Å². The molecule has 1 aliphatic carbocycles. The maximum absolute atomic E-state index is 11.5. The van der Waals surface area contributed by atoms with Gasteiger partial charge < -0.3 is 9.63 Å². The summed E-state index contributed by atoms with van der Waals surface area (Å²) in [5, 5.41) is 13.6. The van der Waals surface area contributed by atoms with Gasteiger partial charge in [0.15, 0.2) is 5.82 Å². The highest BCUT2D eigenvalue weighted by atomic mass is 16.5. The summed E-state index contributed by atoms with van der Waals surface area (Å²) in [4.78, 5) is 16.0. The summed E-state index contributed by atoms with van der Waals surface area (Å²) in [6.07, 6.45) is 6.08. The molecule has 1 fully saturated rings. The van der Waals surface area contributed by atoms with Gasteiger partial charge in [0.25, 0.3) is 0 Å². The van der Waals surface area contributed by atoms with Crippen molar-refractivity contribution < 1.29 is 14.4 Å². The molecule has 118 valence electrons. The van der Waals surface area contributed by atoms with Crippen molar-refractivity contribution in [3.63, 3.8) is 0 Å². The van der Waals surface area contributed by atoms with Gasteiger partial charge in [-0.15, -0.1) is 0 Å². The number of rotatable bonds is 6. The van der Waals surface area contributed by atoms with E-state index in [4.69, 9.17) is 4.52 Å². The van der Waals surface area contributed by atoms with Gasteiger partial charge in [-0.05, 0) is 31.6 Å². The van der Waals surface area contributed by atoms with Crippen molar-refractivity contribution in [1.82, 2.24) is 10.1 Å². The Morgan fingerprint density at radius 2 is 1.90 bits per heavy atom. The van der Waals surface area contributed by atoms with E-state index in [0.717, 1.165) is 24.6 Å². The average Bonchev–Trinajstić information content (AvgIpc) is 2.93. The van der Waals surface area contributed by atoms with Gasteiger partial charge in [-0.25, -0.2) is 0 Å². The van der Waals surface area contributed by atoms with Gasteiger partial charge in [0.05, 0.1) is 5.41 Å². The normalized spacial score (nSPS) is 23.2. The number of carboxylic acid groups (broad SMARTS) is 1. The summed E-state index contributed by atoms with van der Waals surface area (Å²) in [6, 6.07) is 0. The first kappa shape index (κ1) is 16.0. The number of nitrogens with zero attached hydrogens (tertiary/aromatic N) is 2. The third-order valence-corrected chi connectivity index (χ3v) is 5.16. The molecule has 1 N–H and O–H groups in total. The van der Waals surface area contributed by atoms with Crippen molar-refractivity contribution in [1.29, 1.82) is 0 Å². The SMILES string of the molecule is CCC(CC)(Cc1nc(C2CCC(C)CC2)no1)C(=O)O. The van der Waals surface area contributed by atoms with E-state index in [2.05, 4.69) is 17.1 Å². The zero-order valence-corrected chi connectivity index (χ0v) is 13.3. The number of hydrogen-bond donors (Lipinski definition) is 1. The lowest BCUT2D eigenvalue weighted by molar-refractivity contribution is -0.149. The van der Waals surface area contributed by atoms with E-state index in [1.807, 2.05) is 13.8 Å². The maximum atomic E-state index is 11.5. The Labute approximate surface area is 126 Å². The molecule has 5 nitrogen and oxygen atoms in total. The molecule has 2 rings (SSSR count). The number of carbonyl (C=O) groups is 1. The molecule has 0 radical (unpaired) electrons. The molecular formula is C16H26N2O3. The molecule has 5 heteroatoms. The monoisotopic (exact) mass is 294 g/mol. The zero-order valence-electron chi connectivity index (χ0n) is 13.3. The van der Waals surface area contributed by atoms with Crippen molar-refractivity contribution in [2.45, 2.75) is 71.6 Å². The van der Waals surface area contributed by atoms with E-state index >= 15 is 0 Å². The molecule has 0 bridgehead atoms. The Hall–Kier alpha value is -1.39. The summed E-state index contributed by atoms with van der Waals surface area (Å²) in [5.74, 6) is 1.62. The van der Waals surface area contributed by atoms with Crippen LogP contribution in [-0.2, 0) is 11.2 Å². The summed E-state index contributed by atoms with van der Waals surface area (Å²) in [7, 11) is 0. The Kier molecular flexibility index (Phi) is 5.01. The van der Waals surface area contributed by atoms with Crippen LogP contribution in [0.5, 0.6) is 0 Å². The van der Waals surface area contributed by atoms with Gasteiger partial charge in [0.2, 0.25) is 5.89 Å². The topological polar surface area (TPSA) is 76.2 Å². The Bertz CT molecular complexity index is 472. The number of aliphatic carboxylic acids is 1. The Morgan fingerprint density at radius 3 is 2.43 bits per heavy atom. The minimum Gasteiger partial charge on any atom is -0.481 e. The minimum atomic E-state index is -0.787. The standard InChI is InChI=1S/C16H26N2O3/c1-4-16(5-2,15(19)20)10-13-17-14(18-21-13)12-8-6-11(3)7-9-12/h11-12H,4-10H2,1-3H3,(H,19,20). The van der Waals surface area contributed by atoms with Crippen LogP contribution < -0.4 is 0 Å². The summed E-state index contributed by atoms with van der Waals surface area (Å²) < 4.78 is 5.33. The zero-order chi connectivity index (χ0) is 15.5.